The molecule has 0 N–H and O–H groups in total. The molecule has 174 valence electrons. The van der Waals surface area contributed by atoms with E-state index in [2.05, 4.69) is 94.7 Å². The van der Waals surface area contributed by atoms with Gasteiger partial charge in [0.1, 0.15) is 0 Å². The first-order valence-electron chi connectivity index (χ1n) is 9.77. The molecule has 0 saturated heterocycles. The van der Waals surface area contributed by atoms with Gasteiger partial charge in [-0.3, -0.25) is 0 Å². The molecule has 32 heavy (non-hydrogen) atoms. The zero-order valence-corrected chi connectivity index (χ0v) is 25.5. The van der Waals surface area contributed by atoms with Gasteiger partial charge >= 0.3 is 212 Å². The first-order valence-corrected chi connectivity index (χ1v) is 18.7. The van der Waals surface area contributed by atoms with E-state index < -0.39 is 18.4 Å². The standard InChI is InChI=1S/C7H6N.3C4H9.5CO.Sn.W/c1-4-5-6-7-8(2)3;3*1-3-4-2;5*1-2;;/h2-3H3;3*1,3-4H2,2H3;;;;;;;. The van der Waals surface area contributed by atoms with Crippen LogP contribution in [-0.4, -0.2) is 41.4 Å². The average molecular weight is 718 g/mol. The zero-order valence-electron chi connectivity index (χ0n) is 19.8. The second kappa shape index (κ2) is 43.9. The van der Waals surface area contributed by atoms with Gasteiger partial charge in [0.25, 0.3) is 0 Å². The topological polar surface area (TPSA) is 103 Å². The van der Waals surface area contributed by atoms with Crippen LogP contribution in [0.2, 0.25) is 13.3 Å². The summed E-state index contributed by atoms with van der Waals surface area (Å²) in [5.74, 6) is 9.63. The Labute approximate surface area is 210 Å². The third-order valence-corrected chi connectivity index (χ3v) is 18.8. The van der Waals surface area contributed by atoms with Crippen LogP contribution in [-0.2, 0) is 42.6 Å². The molecule has 0 bridgehead atoms. The summed E-state index contributed by atoms with van der Waals surface area (Å²) in [4.78, 5) is 2.09. The maximum absolute atomic E-state index is 7.50. The van der Waals surface area contributed by atoms with Gasteiger partial charge in [-0.2, -0.15) is 0 Å². The van der Waals surface area contributed by atoms with Gasteiger partial charge < -0.3 is 0 Å². The Hall–Kier alpha value is -0.863. The number of rotatable bonds is 10. The summed E-state index contributed by atoms with van der Waals surface area (Å²) in [5, 5.41) is 0. The molecule has 0 rings (SSSR count). The summed E-state index contributed by atoms with van der Waals surface area (Å²) in [6.07, 6.45) is 8.04. The van der Waals surface area contributed by atoms with E-state index >= 15 is 0 Å². The van der Waals surface area contributed by atoms with Crippen molar-refractivity contribution in [1.82, 2.24) is 4.90 Å². The summed E-state index contributed by atoms with van der Waals surface area (Å²) in [7, 11) is 4.11. The normalized spacial score (nSPS) is 7.62. The molecule has 0 aliphatic rings. The molecule has 0 unspecified atom stereocenters. The maximum atomic E-state index is 7.50. The predicted molar refractivity (Wildman–Crippen MR) is 119 cm³/mol. The van der Waals surface area contributed by atoms with Gasteiger partial charge in [-0.25, -0.2) is 0 Å². The van der Waals surface area contributed by atoms with E-state index in [9.17, 15) is 0 Å². The van der Waals surface area contributed by atoms with Crippen LogP contribution >= 0.6 is 0 Å². The number of nitrogens with zero attached hydrogens (tertiary/aromatic N) is 1. The molecule has 0 heterocycles. The molecular formula is C24H33NO5SnW. The number of hydrogen-bond donors (Lipinski definition) is 0. The fourth-order valence-corrected chi connectivity index (χ4v) is 15.6. The Morgan fingerprint density at radius 3 is 1.25 bits per heavy atom. The SMILES string of the molecule is CCC[CH2][Sn]([C]#CC#C[C](=[W])N(C)C)([CH2]CCC)[CH2]CCC.[C-]#[O+].[C-]#[O+].[C-]#[O+].[C-]#[O+].[C-]#[O+]. The molecule has 0 fully saturated rings. The van der Waals surface area contributed by atoms with Gasteiger partial charge in [-0.05, 0) is 0 Å². The third-order valence-electron chi connectivity index (χ3n) is 3.99. The van der Waals surface area contributed by atoms with Crippen molar-refractivity contribution < 1.29 is 42.6 Å². The van der Waals surface area contributed by atoms with Crippen molar-refractivity contribution in [2.45, 2.75) is 72.6 Å². The quantitative estimate of drug-likeness (QED) is 0.142. The first-order chi connectivity index (χ1) is 15.5. The molecule has 0 saturated carbocycles. The van der Waals surface area contributed by atoms with E-state index in [0.717, 1.165) is 0 Å². The van der Waals surface area contributed by atoms with E-state index in [4.69, 9.17) is 23.3 Å². The van der Waals surface area contributed by atoms with E-state index in [1.54, 1.807) is 0 Å². The number of hydrogen-bond acceptors (Lipinski definition) is 1. The third kappa shape index (κ3) is 33.8. The molecule has 0 aliphatic carbocycles. The Balaban J connectivity index is -0.000000147. The number of unbranched alkanes of at least 4 members (excludes halogenated alkanes) is 3. The van der Waals surface area contributed by atoms with Gasteiger partial charge in [0.05, 0.1) is 0 Å². The Bertz CT molecular complexity index is 586. The van der Waals surface area contributed by atoms with Crippen LogP contribution in [0.15, 0.2) is 0 Å². The molecule has 8 heteroatoms. The van der Waals surface area contributed by atoms with E-state index in [-0.39, 0.29) is 0 Å². The first kappa shape index (κ1) is 44.8. The minimum atomic E-state index is -2.28. The van der Waals surface area contributed by atoms with Crippen molar-refractivity contribution in [3.05, 3.63) is 33.3 Å². The van der Waals surface area contributed by atoms with Crippen molar-refractivity contribution in [2.24, 2.45) is 0 Å². The van der Waals surface area contributed by atoms with Crippen LogP contribution in [0.5, 0.6) is 0 Å². The van der Waals surface area contributed by atoms with E-state index in [0.29, 0.717) is 0 Å². The second-order valence-corrected chi connectivity index (χ2v) is 20.0. The fourth-order valence-electron chi connectivity index (χ4n) is 2.47. The molecule has 0 atom stereocenters. The fraction of sp³-hybridized carbons (Fsp3) is 0.583. The van der Waals surface area contributed by atoms with Crippen LogP contribution in [0.25, 0.3) is 0 Å². The van der Waals surface area contributed by atoms with Gasteiger partial charge in [-0.1, -0.05) is 0 Å². The molecule has 0 aromatic carbocycles. The molecule has 6 nitrogen and oxygen atoms in total. The Morgan fingerprint density at radius 2 is 1.00 bits per heavy atom. The van der Waals surface area contributed by atoms with E-state index in [1.165, 1.54) is 75.2 Å². The zero-order chi connectivity index (χ0) is 26.8. The van der Waals surface area contributed by atoms with Crippen molar-refractivity contribution in [2.75, 3.05) is 14.1 Å². The van der Waals surface area contributed by atoms with Crippen LogP contribution in [0.1, 0.15) is 59.3 Å². The van der Waals surface area contributed by atoms with Crippen molar-refractivity contribution in [3.63, 3.8) is 0 Å². The van der Waals surface area contributed by atoms with Crippen molar-refractivity contribution in [1.29, 1.82) is 0 Å². The molecule has 0 spiro atoms. The van der Waals surface area contributed by atoms with Crippen LogP contribution in [0, 0.1) is 54.9 Å². The molecule has 0 amide bonds. The average Bonchev–Trinajstić information content (AvgIpc) is 2.88. The van der Waals surface area contributed by atoms with Crippen molar-refractivity contribution >= 4 is 22.4 Å². The van der Waals surface area contributed by atoms with Crippen LogP contribution in [0.4, 0.5) is 0 Å². The van der Waals surface area contributed by atoms with E-state index in [1.807, 2.05) is 0 Å². The summed E-state index contributed by atoms with van der Waals surface area (Å²) in [5.41, 5.74) is 0. The molecule has 0 aliphatic heterocycles. The van der Waals surface area contributed by atoms with Gasteiger partial charge in [0.15, 0.2) is 0 Å². The second-order valence-electron chi connectivity index (χ2n) is 6.29. The van der Waals surface area contributed by atoms with Crippen molar-refractivity contribution in [3.8, 4) is 21.7 Å². The summed E-state index contributed by atoms with van der Waals surface area (Å²) in [6.45, 7) is 29.4. The summed E-state index contributed by atoms with van der Waals surface area (Å²) < 4.78 is 46.8. The Kier molecular flexibility index (Phi) is 61.4. The van der Waals surface area contributed by atoms with Crippen LogP contribution in [0.3, 0.4) is 0 Å². The Morgan fingerprint density at radius 1 is 0.688 bits per heavy atom. The molecular weight excluding hydrogens is 685 g/mol. The van der Waals surface area contributed by atoms with Gasteiger partial charge in [0, 0.05) is 0 Å². The van der Waals surface area contributed by atoms with Gasteiger partial charge in [0.2, 0.25) is 0 Å². The predicted octanol–water partition coefficient (Wildman–Crippen LogP) is 4.43. The molecule has 0 aromatic heterocycles. The summed E-state index contributed by atoms with van der Waals surface area (Å²) in [6, 6.07) is 0. The minimum absolute atomic E-state index is 1.17. The van der Waals surface area contributed by atoms with Crippen LogP contribution < -0.4 is 0 Å². The van der Waals surface area contributed by atoms with Gasteiger partial charge in [-0.15, -0.1) is 0 Å². The molecule has 0 radical (unpaired) electrons. The monoisotopic (exact) mass is 719 g/mol. The summed E-state index contributed by atoms with van der Waals surface area (Å²) >= 11 is -0.854. The molecule has 0 aromatic rings.